The zero-order chi connectivity index (χ0) is 17.6. The number of piperidine rings is 1. The molecule has 1 saturated heterocycles. The maximum absolute atomic E-state index is 10.6. The molecule has 0 unspecified atom stereocenters. The molecule has 6 heteroatoms. The molecule has 0 bridgehead atoms. The third-order valence-corrected chi connectivity index (χ3v) is 4.60. The SMILES string of the molecule is COc1ccc(-c2cccc(N3CCC(CNC(=O)O)CC3)n2)cc1. The lowest BCUT2D eigenvalue weighted by molar-refractivity contribution is 0.191. The number of nitrogens with one attached hydrogen (secondary N) is 1. The number of aromatic nitrogens is 1. The molecule has 0 radical (unpaired) electrons. The summed E-state index contributed by atoms with van der Waals surface area (Å²) in [4.78, 5) is 17.7. The first-order chi connectivity index (χ1) is 12.2. The summed E-state index contributed by atoms with van der Waals surface area (Å²) in [5.74, 6) is 2.20. The van der Waals surface area contributed by atoms with E-state index < -0.39 is 6.09 Å². The number of amides is 1. The fourth-order valence-electron chi connectivity index (χ4n) is 3.12. The molecule has 2 aromatic rings. The second-order valence-electron chi connectivity index (χ2n) is 6.23. The van der Waals surface area contributed by atoms with Gasteiger partial charge in [-0.1, -0.05) is 6.07 Å². The molecule has 1 aromatic carbocycles. The van der Waals surface area contributed by atoms with Gasteiger partial charge in [-0.25, -0.2) is 9.78 Å². The van der Waals surface area contributed by atoms with Crippen LogP contribution in [-0.4, -0.2) is 42.9 Å². The van der Waals surface area contributed by atoms with Crippen LogP contribution >= 0.6 is 0 Å². The molecule has 1 amide bonds. The Bertz CT molecular complexity index is 710. The van der Waals surface area contributed by atoms with Crippen LogP contribution in [0.1, 0.15) is 12.8 Å². The van der Waals surface area contributed by atoms with Crippen LogP contribution in [0.3, 0.4) is 0 Å². The number of hydrogen-bond acceptors (Lipinski definition) is 4. The van der Waals surface area contributed by atoms with Gasteiger partial charge in [0.2, 0.25) is 0 Å². The van der Waals surface area contributed by atoms with Crippen molar-refractivity contribution in [3.63, 3.8) is 0 Å². The van der Waals surface area contributed by atoms with E-state index in [1.807, 2.05) is 42.5 Å². The highest BCUT2D eigenvalue weighted by Gasteiger charge is 2.20. The number of anilines is 1. The Morgan fingerprint density at radius 2 is 1.96 bits per heavy atom. The number of pyridine rings is 1. The van der Waals surface area contributed by atoms with Crippen LogP contribution in [0.25, 0.3) is 11.3 Å². The van der Waals surface area contributed by atoms with Gasteiger partial charge in [-0.2, -0.15) is 0 Å². The van der Waals surface area contributed by atoms with Crippen molar-refractivity contribution in [1.29, 1.82) is 0 Å². The molecule has 2 N–H and O–H groups in total. The molecular weight excluding hydrogens is 318 g/mol. The van der Waals surface area contributed by atoms with Gasteiger partial charge in [0, 0.05) is 25.2 Å². The van der Waals surface area contributed by atoms with E-state index in [4.69, 9.17) is 14.8 Å². The smallest absolute Gasteiger partial charge is 0.404 e. The van der Waals surface area contributed by atoms with E-state index in [0.29, 0.717) is 12.5 Å². The van der Waals surface area contributed by atoms with Crippen LogP contribution in [0.15, 0.2) is 42.5 Å². The van der Waals surface area contributed by atoms with Crippen LogP contribution in [0.2, 0.25) is 0 Å². The number of carbonyl (C=O) groups is 1. The topological polar surface area (TPSA) is 74.7 Å². The van der Waals surface area contributed by atoms with Gasteiger partial charge in [-0.15, -0.1) is 0 Å². The number of carboxylic acid groups (broad SMARTS) is 1. The highest BCUT2D eigenvalue weighted by molar-refractivity contribution is 5.64. The lowest BCUT2D eigenvalue weighted by Gasteiger charge is -2.32. The minimum absolute atomic E-state index is 0.400. The van der Waals surface area contributed by atoms with Crippen molar-refractivity contribution >= 4 is 11.9 Å². The average molecular weight is 341 g/mol. The largest absolute Gasteiger partial charge is 0.497 e. The molecule has 0 aliphatic carbocycles. The van der Waals surface area contributed by atoms with Crippen LogP contribution in [0.4, 0.5) is 10.6 Å². The number of ether oxygens (including phenoxy) is 1. The third-order valence-electron chi connectivity index (χ3n) is 4.60. The zero-order valence-electron chi connectivity index (χ0n) is 14.3. The normalized spacial score (nSPS) is 15.0. The van der Waals surface area contributed by atoms with Gasteiger partial charge >= 0.3 is 6.09 Å². The summed E-state index contributed by atoms with van der Waals surface area (Å²) in [5.41, 5.74) is 2.00. The van der Waals surface area contributed by atoms with Crippen molar-refractivity contribution < 1.29 is 14.6 Å². The molecule has 1 aromatic heterocycles. The van der Waals surface area contributed by atoms with Crippen molar-refractivity contribution in [3.8, 4) is 17.0 Å². The number of benzene rings is 1. The molecule has 0 atom stereocenters. The van der Waals surface area contributed by atoms with Crippen molar-refractivity contribution in [2.24, 2.45) is 5.92 Å². The number of hydrogen-bond donors (Lipinski definition) is 2. The van der Waals surface area contributed by atoms with Crippen molar-refractivity contribution in [3.05, 3.63) is 42.5 Å². The highest BCUT2D eigenvalue weighted by Crippen LogP contribution is 2.25. The van der Waals surface area contributed by atoms with E-state index in [-0.39, 0.29) is 0 Å². The summed E-state index contributed by atoms with van der Waals surface area (Å²) >= 11 is 0. The van der Waals surface area contributed by atoms with Gasteiger partial charge in [0.15, 0.2) is 0 Å². The Morgan fingerprint density at radius 3 is 2.60 bits per heavy atom. The Balaban J connectivity index is 1.65. The fourth-order valence-corrected chi connectivity index (χ4v) is 3.12. The van der Waals surface area contributed by atoms with Crippen LogP contribution in [0.5, 0.6) is 5.75 Å². The Kier molecular flexibility index (Phi) is 5.38. The average Bonchev–Trinajstić information content (AvgIpc) is 2.67. The van der Waals surface area contributed by atoms with Crippen molar-refractivity contribution in [2.45, 2.75) is 12.8 Å². The zero-order valence-corrected chi connectivity index (χ0v) is 14.3. The van der Waals surface area contributed by atoms with E-state index in [0.717, 1.165) is 48.8 Å². The molecule has 0 saturated carbocycles. The lowest BCUT2D eigenvalue weighted by Crippen LogP contribution is -2.38. The van der Waals surface area contributed by atoms with Crippen LogP contribution < -0.4 is 15.0 Å². The fraction of sp³-hybridized carbons (Fsp3) is 0.368. The van der Waals surface area contributed by atoms with E-state index in [9.17, 15) is 4.79 Å². The summed E-state index contributed by atoms with van der Waals surface area (Å²) in [6.07, 6.45) is 0.986. The second kappa shape index (κ2) is 7.88. The van der Waals surface area contributed by atoms with Crippen LogP contribution in [0, 0.1) is 5.92 Å². The van der Waals surface area contributed by atoms with Gasteiger partial charge in [-0.05, 0) is 55.2 Å². The van der Waals surface area contributed by atoms with Gasteiger partial charge in [0.1, 0.15) is 11.6 Å². The monoisotopic (exact) mass is 341 g/mol. The minimum atomic E-state index is -0.948. The van der Waals surface area contributed by atoms with E-state index >= 15 is 0 Å². The molecule has 25 heavy (non-hydrogen) atoms. The highest BCUT2D eigenvalue weighted by atomic mass is 16.5. The maximum Gasteiger partial charge on any atom is 0.404 e. The first-order valence-corrected chi connectivity index (χ1v) is 8.49. The predicted octanol–water partition coefficient (Wildman–Crippen LogP) is 3.24. The summed E-state index contributed by atoms with van der Waals surface area (Å²) in [7, 11) is 1.66. The lowest BCUT2D eigenvalue weighted by atomic mass is 9.97. The van der Waals surface area contributed by atoms with Gasteiger partial charge in [0.05, 0.1) is 12.8 Å². The molecule has 6 nitrogen and oxygen atoms in total. The Morgan fingerprint density at radius 1 is 1.24 bits per heavy atom. The van der Waals surface area contributed by atoms with Gasteiger partial charge < -0.3 is 20.1 Å². The molecule has 1 aliphatic rings. The van der Waals surface area contributed by atoms with Gasteiger partial charge in [0.25, 0.3) is 0 Å². The molecule has 0 spiro atoms. The first-order valence-electron chi connectivity index (χ1n) is 8.49. The Labute approximate surface area is 147 Å². The quantitative estimate of drug-likeness (QED) is 0.873. The molecule has 3 rings (SSSR count). The van der Waals surface area contributed by atoms with E-state index in [2.05, 4.69) is 10.2 Å². The molecule has 1 fully saturated rings. The molecular formula is C19H23N3O3. The third kappa shape index (κ3) is 4.41. The molecule has 2 heterocycles. The number of methoxy groups -OCH3 is 1. The summed E-state index contributed by atoms with van der Waals surface area (Å²) < 4.78 is 5.20. The van der Waals surface area contributed by atoms with Crippen LogP contribution in [-0.2, 0) is 0 Å². The number of nitrogens with zero attached hydrogens (tertiary/aromatic N) is 2. The molecule has 132 valence electrons. The van der Waals surface area contributed by atoms with Gasteiger partial charge in [-0.3, -0.25) is 0 Å². The van der Waals surface area contributed by atoms with E-state index in [1.54, 1.807) is 7.11 Å². The second-order valence-corrected chi connectivity index (χ2v) is 6.23. The van der Waals surface area contributed by atoms with Crippen molar-refractivity contribution in [1.82, 2.24) is 10.3 Å². The standard InChI is InChI=1S/C19H23N3O3/c1-25-16-7-5-15(6-8-16)17-3-2-4-18(21-17)22-11-9-14(10-12-22)13-20-19(23)24/h2-8,14,20H,9-13H2,1H3,(H,23,24). The van der Waals surface area contributed by atoms with E-state index in [1.165, 1.54) is 0 Å². The predicted molar refractivity (Wildman–Crippen MR) is 97.2 cm³/mol. The summed E-state index contributed by atoms with van der Waals surface area (Å²) in [6.45, 7) is 2.32. The first kappa shape index (κ1) is 17.1. The minimum Gasteiger partial charge on any atom is -0.497 e. The maximum atomic E-state index is 10.6. The molecule has 1 aliphatic heterocycles. The Hall–Kier alpha value is -2.76. The summed E-state index contributed by atoms with van der Waals surface area (Å²) in [6, 6.07) is 14.0. The van der Waals surface area contributed by atoms with Crippen molar-refractivity contribution in [2.75, 3.05) is 31.6 Å². The number of rotatable bonds is 5. The summed E-state index contributed by atoms with van der Waals surface area (Å²) in [5, 5.41) is 11.2.